The third kappa shape index (κ3) is 5.50. The van der Waals surface area contributed by atoms with E-state index in [1.807, 2.05) is 36.4 Å². The molecule has 274 valence electrons. The lowest BCUT2D eigenvalue weighted by Crippen LogP contribution is -2.14. The number of para-hydroxylation sites is 2. The molecule has 0 aliphatic heterocycles. The predicted molar refractivity (Wildman–Crippen MR) is 239 cm³/mol. The molecule has 0 N–H and O–H groups in total. The molecule has 1 aliphatic rings. The molecule has 58 heavy (non-hydrogen) atoms. The number of furan rings is 1. The summed E-state index contributed by atoms with van der Waals surface area (Å²) in [7, 11) is 0. The molecule has 10 aromatic rings. The summed E-state index contributed by atoms with van der Waals surface area (Å²) in [5, 5.41) is 2.21. The van der Waals surface area contributed by atoms with Crippen LogP contribution in [0.1, 0.15) is 25.0 Å². The van der Waals surface area contributed by atoms with Gasteiger partial charge in [-0.1, -0.05) is 178 Å². The van der Waals surface area contributed by atoms with E-state index in [1.165, 1.54) is 33.4 Å². The van der Waals surface area contributed by atoms with Crippen LogP contribution in [-0.4, -0.2) is 9.97 Å². The molecule has 0 saturated heterocycles. The Morgan fingerprint density at radius 3 is 1.71 bits per heavy atom. The Balaban J connectivity index is 1.18. The number of rotatable bonds is 6. The van der Waals surface area contributed by atoms with Crippen LogP contribution in [0.15, 0.2) is 199 Å². The normalized spacial score (nSPS) is 12.8. The topological polar surface area (TPSA) is 38.9 Å². The third-order valence-corrected chi connectivity index (χ3v) is 11.9. The second kappa shape index (κ2) is 13.4. The molecule has 0 radical (unpaired) electrons. The van der Waals surface area contributed by atoms with Crippen LogP contribution >= 0.6 is 0 Å². The standard InChI is InChI=1S/C55H38N2O/c1-55(2)47-28-13-11-24-46(47)52-44(26-16-29-48(52)55)42-22-10-9-21-40(42)37-31-38(41-25-15-27-45-43-23-12-14-30-51(43)58-53(41)45)33-39(32-37)50-34-49(35-17-5-3-6-18-35)56-54(57-50)36-19-7-4-8-20-36/h3-34H,1-2H3. The van der Waals surface area contributed by atoms with Crippen molar-refractivity contribution < 1.29 is 4.42 Å². The van der Waals surface area contributed by atoms with Crippen LogP contribution in [0, 0.1) is 0 Å². The maximum Gasteiger partial charge on any atom is 0.160 e. The van der Waals surface area contributed by atoms with Crippen LogP contribution in [-0.2, 0) is 5.41 Å². The zero-order chi connectivity index (χ0) is 38.8. The minimum Gasteiger partial charge on any atom is -0.455 e. The largest absolute Gasteiger partial charge is 0.455 e. The van der Waals surface area contributed by atoms with Crippen molar-refractivity contribution in [2.45, 2.75) is 19.3 Å². The number of nitrogens with zero attached hydrogens (tertiary/aromatic N) is 2. The Morgan fingerprint density at radius 2 is 0.914 bits per heavy atom. The Bertz CT molecular complexity index is 3140. The average molecular weight is 743 g/mol. The quantitative estimate of drug-likeness (QED) is 0.170. The minimum atomic E-state index is -0.102. The highest BCUT2D eigenvalue weighted by atomic mass is 16.3. The van der Waals surface area contributed by atoms with Crippen molar-refractivity contribution in [1.29, 1.82) is 0 Å². The van der Waals surface area contributed by atoms with Crippen molar-refractivity contribution in [3.8, 4) is 78.4 Å². The highest BCUT2D eigenvalue weighted by Crippen LogP contribution is 2.53. The Morgan fingerprint density at radius 1 is 0.379 bits per heavy atom. The van der Waals surface area contributed by atoms with Gasteiger partial charge in [-0.25, -0.2) is 9.97 Å². The molecule has 0 spiro atoms. The minimum absolute atomic E-state index is 0.102. The lowest BCUT2D eigenvalue weighted by atomic mass is 9.81. The molecule has 0 fully saturated rings. The van der Waals surface area contributed by atoms with E-state index in [4.69, 9.17) is 14.4 Å². The summed E-state index contributed by atoms with van der Waals surface area (Å²) in [6, 6.07) is 69.0. The first-order valence-electron chi connectivity index (χ1n) is 19.9. The van der Waals surface area contributed by atoms with E-state index in [9.17, 15) is 0 Å². The highest BCUT2D eigenvalue weighted by molar-refractivity contribution is 6.10. The van der Waals surface area contributed by atoms with E-state index in [2.05, 4.69) is 172 Å². The van der Waals surface area contributed by atoms with Crippen LogP contribution in [0.25, 0.3) is 100 Å². The fraction of sp³-hybridized carbons (Fsp3) is 0.0545. The maximum atomic E-state index is 6.65. The van der Waals surface area contributed by atoms with Gasteiger partial charge in [-0.05, 0) is 80.4 Å². The van der Waals surface area contributed by atoms with Crippen molar-refractivity contribution in [1.82, 2.24) is 9.97 Å². The summed E-state index contributed by atoms with van der Waals surface area (Å²) in [6.07, 6.45) is 0. The molecule has 0 atom stereocenters. The second-order valence-corrected chi connectivity index (χ2v) is 15.7. The molecule has 11 rings (SSSR count). The zero-order valence-corrected chi connectivity index (χ0v) is 32.3. The van der Waals surface area contributed by atoms with E-state index >= 15 is 0 Å². The predicted octanol–water partition coefficient (Wildman–Crippen LogP) is 14.7. The van der Waals surface area contributed by atoms with Gasteiger partial charge in [-0.15, -0.1) is 0 Å². The zero-order valence-electron chi connectivity index (χ0n) is 32.3. The van der Waals surface area contributed by atoms with Crippen LogP contribution in [0.4, 0.5) is 0 Å². The van der Waals surface area contributed by atoms with Crippen molar-refractivity contribution >= 4 is 21.9 Å². The number of hydrogen-bond donors (Lipinski definition) is 0. The molecular formula is C55H38N2O. The lowest BCUT2D eigenvalue weighted by molar-refractivity contribution is 0.660. The van der Waals surface area contributed by atoms with Gasteiger partial charge >= 0.3 is 0 Å². The van der Waals surface area contributed by atoms with Crippen molar-refractivity contribution in [3.63, 3.8) is 0 Å². The fourth-order valence-electron chi connectivity index (χ4n) is 9.08. The van der Waals surface area contributed by atoms with Gasteiger partial charge in [0, 0.05) is 38.4 Å². The van der Waals surface area contributed by atoms with Crippen LogP contribution in [0.2, 0.25) is 0 Å². The van der Waals surface area contributed by atoms with Gasteiger partial charge in [0.15, 0.2) is 5.82 Å². The summed E-state index contributed by atoms with van der Waals surface area (Å²) < 4.78 is 6.65. The highest BCUT2D eigenvalue weighted by Gasteiger charge is 2.36. The van der Waals surface area contributed by atoms with Gasteiger partial charge in [-0.2, -0.15) is 0 Å². The first-order valence-corrected chi connectivity index (χ1v) is 19.9. The molecule has 0 unspecified atom stereocenters. The smallest absolute Gasteiger partial charge is 0.160 e. The maximum absolute atomic E-state index is 6.65. The van der Waals surface area contributed by atoms with Crippen molar-refractivity contribution in [3.05, 3.63) is 205 Å². The molecule has 3 heteroatoms. The van der Waals surface area contributed by atoms with Gasteiger partial charge in [0.25, 0.3) is 0 Å². The molecule has 8 aromatic carbocycles. The van der Waals surface area contributed by atoms with Crippen molar-refractivity contribution in [2.75, 3.05) is 0 Å². The van der Waals surface area contributed by atoms with Gasteiger partial charge < -0.3 is 4.42 Å². The molecule has 2 aromatic heterocycles. The monoisotopic (exact) mass is 742 g/mol. The number of hydrogen-bond acceptors (Lipinski definition) is 3. The van der Waals surface area contributed by atoms with Gasteiger partial charge in [0.05, 0.1) is 11.4 Å². The summed E-state index contributed by atoms with van der Waals surface area (Å²) in [4.78, 5) is 10.4. The molecule has 0 saturated carbocycles. The fourth-order valence-corrected chi connectivity index (χ4v) is 9.08. The van der Waals surface area contributed by atoms with Crippen LogP contribution in [0.3, 0.4) is 0 Å². The van der Waals surface area contributed by atoms with Crippen molar-refractivity contribution in [2.24, 2.45) is 0 Å². The SMILES string of the molecule is CC1(C)c2ccccc2-c2c(-c3ccccc3-c3cc(-c4cc(-c5ccccc5)nc(-c5ccccc5)n4)cc(-c4cccc5c4oc4ccccc45)c3)cccc21. The van der Waals surface area contributed by atoms with E-state index in [-0.39, 0.29) is 5.41 Å². The number of fused-ring (bicyclic) bond motifs is 6. The molecule has 0 amide bonds. The van der Waals surface area contributed by atoms with E-state index in [0.29, 0.717) is 5.82 Å². The first kappa shape index (κ1) is 33.9. The van der Waals surface area contributed by atoms with E-state index < -0.39 is 0 Å². The van der Waals surface area contributed by atoms with Crippen LogP contribution in [0.5, 0.6) is 0 Å². The summed E-state index contributed by atoms with van der Waals surface area (Å²) >= 11 is 0. The van der Waals surface area contributed by atoms with Crippen LogP contribution < -0.4 is 0 Å². The summed E-state index contributed by atoms with van der Waals surface area (Å²) in [5.74, 6) is 0.685. The van der Waals surface area contributed by atoms with Gasteiger partial charge in [0.2, 0.25) is 0 Å². The average Bonchev–Trinajstić information content (AvgIpc) is 3.79. The Labute approximate surface area is 338 Å². The lowest BCUT2D eigenvalue weighted by Gasteiger charge is -2.22. The summed E-state index contributed by atoms with van der Waals surface area (Å²) in [6.45, 7) is 4.69. The molecule has 2 heterocycles. The molecule has 1 aliphatic carbocycles. The number of aromatic nitrogens is 2. The van der Waals surface area contributed by atoms with E-state index in [1.54, 1.807) is 0 Å². The molecular weight excluding hydrogens is 705 g/mol. The number of benzene rings is 8. The van der Waals surface area contributed by atoms with Gasteiger partial charge in [0.1, 0.15) is 11.2 Å². The van der Waals surface area contributed by atoms with Gasteiger partial charge in [-0.3, -0.25) is 0 Å². The first-order chi connectivity index (χ1) is 28.5. The van der Waals surface area contributed by atoms with E-state index in [0.717, 1.165) is 72.3 Å². The molecule has 3 nitrogen and oxygen atoms in total. The Kier molecular flexibility index (Phi) is 7.84. The summed E-state index contributed by atoms with van der Waals surface area (Å²) in [5.41, 5.74) is 18.5. The molecule has 0 bridgehead atoms. The second-order valence-electron chi connectivity index (χ2n) is 15.7. The Hall–Kier alpha value is -7.36. The third-order valence-electron chi connectivity index (χ3n) is 11.9.